The summed E-state index contributed by atoms with van der Waals surface area (Å²) >= 11 is 0. The molecule has 1 aromatic rings. The summed E-state index contributed by atoms with van der Waals surface area (Å²) in [6.07, 6.45) is 1.01. The molecular formula is C10H14N4O4S. The highest BCUT2D eigenvalue weighted by atomic mass is 32.2. The highest BCUT2D eigenvalue weighted by molar-refractivity contribution is 7.92. The predicted octanol–water partition coefficient (Wildman–Crippen LogP) is -0.0133. The summed E-state index contributed by atoms with van der Waals surface area (Å²) in [5.41, 5.74) is 0.113. The number of carbonyl (C=O) groups is 1. The van der Waals surface area contributed by atoms with E-state index in [0.717, 1.165) is 0 Å². The van der Waals surface area contributed by atoms with Gasteiger partial charge in [-0.1, -0.05) is 0 Å². The summed E-state index contributed by atoms with van der Waals surface area (Å²) in [5, 5.41) is 12.6. The van der Waals surface area contributed by atoms with Gasteiger partial charge in [-0.3, -0.25) is 14.2 Å². The number of nitriles is 1. The van der Waals surface area contributed by atoms with Gasteiger partial charge in [-0.25, -0.2) is 8.42 Å². The van der Waals surface area contributed by atoms with Gasteiger partial charge in [-0.05, 0) is 6.92 Å². The lowest BCUT2D eigenvalue weighted by Crippen LogP contribution is -2.21. The molecule has 19 heavy (non-hydrogen) atoms. The van der Waals surface area contributed by atoms with Crippen LogP contribution in [0.1, 0.15) is 18.9 Å². The summed E-state index contributed by atoms with van der Waals surface area (Å²) in [5.74, 6) is -0.924. The summed E-state index contributed by atoms with van der Waals surface area (Å²) in [7, 11) is -2.23. The van der Waals surface area contributed by atoms with E-state index in [9.17, 15) is 13.2 Å². The van der Waals surface area contributed by atoms with E-state index in [2.05, 4.69) is 14.6 Å². The van der Waals surface area contributed by atoms with E-state index in [1.54, 1.807) is 6.92 Å². The van der Waals surface area contributed by atoms with Crippen molar-refractivity contribution >= 4 is 21.8 Å². The van der Waals surface area contributed by atoms with Gasteiger partial charge >= 0.3 is 5.97 Å². The van der Waals surface area contributed by atoms with Crippen LogP contribution in [0.5, 0.6) is 0 Å². The fourth-order valence-corrected chi connectivity index (χ4v) is 2.36. The number of anilines is 1. The lowest BCUT2D eigenvalue weighted by Gasteiger charge is -2.08. The summed E-state index contributed by atoms with van der Waals surface area (Å²) in [6, 6.07) is 1.82. The standard InChI is InChI=1S/C10H14N4O4S/c1-3-18-9(15)4-5-19(16,17)13-10-8(6-11)7-12-14(10)2/h7,13H,3-5H2,1-2H3. The molecule has 0 bridgehead atoms. The number of nitrogens with zero attached hydrogens (tertiary/aromatic N) is 3. The highest BCUT2D eigenvalue weighted by Crippen LogP contribution is 2.14. The van der Waals surface area contributed by atoms with Crippen LogP contribution < -0.4 is 4.72 Å². The quantitative estimate of drug-likeness (QED) is 0.735. The smallest absolute Gasteiger partial charge is 0.306 e. The van der Waals surface area contributed by atoms with Gasteiger partial charge in [0.1, 0.15) is 11.6 Å². The van der Waals surface area contributed by atoms with Crippen LogP contribution in [0.2, 0.25) is 0 Å². The number of carbonyl (C=O) groups excluding carboxylic acids is 1. The molecular weight excluding hydrogens is 272 g/mol. The van der Waals surface area contributed by atoms with Crippen LogP contribution in [0.4, 0.5) is 5.82 Å². The van der Waals surface area contributed by atoms with Crippen LogP contribution >= 0.6 is 0 Å². The second-order valence-electron chi connectivity index (χ2n) is 3.62. The number of hydrogen-bond acceptors (Lipinski definition) is 6. The first-order valence-electron chi connectivity index (χ1n) is 5.48. The molecule has 0 atom stereocenters. The molecule has 0 saturated carbocycles. The summed E-state index contributed by atoms with van der Waals surface area (Å²) in [6.45, 7) is 1.84. The molecule has 9 heteroatoms. The van der Waals surface area contributed by atoms with Crippen LogP contribution in [0.15, 0.2) is 6.20 Å². The molecule has 1 N–H and O–H groups in total. The minimum absolute atomic E-state index is 0.0753. The predicted molar refractivity (Wildman–Crippen MR) is 66.6 cm³/mol. The van der Waals surface area contributed by atoms with Crippen LogP contribution in [-0.4, -0.2) is 36.5 Å². The van der Waals surface area contributed by atoms with Gasteiger partial charge in [0.2, 0.25) is 10.0 Å². The molecule has 0 amide bonds. The Morgan fingerprint density at radius 1 is 1.63 bits per heavy atom. The van der Waals surface area contributed by atoms with Crippen molar-refractivity contribution in [2.24, 2.45) is 7.05 Å². The fourth-order valence-electron chi connectivity index (χ4n) is 1.29. The van der Waals surface area contributed by atoms with Gasteiger partial charge in [-0.2, -0.15) is 10.4 Å². The van der Waals surface area contributed by atoms with Crippen molar-refractivity contribution in [3.8, 4) is 6.07 Å². The molecule has 8 nitrogen and oxygen atoms in total. The zero-order valence-corrected chi connectivity index (χ0v) is 11.4. The molecule has 0 unspecified atom stereocenters. The van der Waals surface area contributed by atoms with Crippen LogP contribution in [0.3, 0.4) is 0 Å². The molecule has 1 rings (SSSR count). The average Bonchev–Trinajstić information content (AvgIpc) is 2.68. The van der Waals surface area contributed by atoms with E-state index >= 15 is 0 Å². The second kappa shape index (κ2) is 6.19. The van der Waals surface area contributed by atoms with Crippen molar-refractivity contribution in [3.63, 3.8) is 0 Å². The Kier molecular flexibility index (Phi) is 4.88. The number of rotatable bonds is 6. The van der Waals surface area contributed by atoms with E-state index in [4.69, 9.17) is 5.26 Å². The van der Waals surface area contributed by atoms with Crippen molar-refractivity contribution in [3.05, 3.63) is 11.8 Å². The van der Waals surface area contributed by atoms with Crippen LogP contribution in [0.25, 0.3) is 0 Å². The molecule has 1 heterocycles. The van der Waals surface area contributed by atoms with Gasteiger partial charge in [0, 0.05) is 7.05 Å². The number of hydrogen-bond donors (Lipinski definition) is 1. The Labute approximate surface area is 111 Å². The lowest BCUT2D eigenvalue weighted by molar-refractivity contribution is -0.142. The number of aryl methyl sites for hydroxylation is 1. The Morgan fingerprint density at radius 2 is 2.32 bits per heavy atom. The van der Waals surface area contributed by atoms with Gasteiger partial charge in [0.05, 0.1) is 25.0 Å². The topological polar surface area (TPSA) is 114 Å². The number of sulfonamides is 1. The fraction of sp³-hybridized carbons (Fsp3) is 0.500. The van der Waals surface area contributed by atoms with E-state index < -0.39 is 21.7 Å². The number of ether oxygens (including phenoxy) is 1. The van der Waals surface area contributed by atoms with Crippen LogP contribution in [-0.2, 0) is 26.6 Å². The zero-order valence-electron chi connectivity index (χ0n) is 10.6. The third kappa shape index (κ3) is 4.26. The summed E-state index contributed by atoms with van der Waals surface area (Å²) in [4.78, 5) is 11.1. The number of nitrogens with one attached hydrogen (secondary N) is 1. The van der Waals surface area contributed by atoms with Gasteiger partial charge in [0.15, 0.2) is 5.82 Å². The van der Waals surface area contributed by atoms with E-state index in [1.807, 2.05) is 6.07 Å². The third-order valence-corrected chi connectivity index (χ3v) is 3.44. The highest BCUT2D eigenvalue weighted by Gasteiger charge is 2.18. The number of esters is 1. The van der Waals surface area contributed by atoms with Crippen molar-refractivity contribution in [1.29, 1.82) is 5.26 Å². The van der Waals surface area contributed by atoms with Crippen molar-refractivity contribution in [2.45, 2.75) is 13.3 Å². The van der Waals surface area contributed by atoms with E-state index in [0.29, 0.717) is 0 Å². The van der Waals surface area contributed by atoms with Gasteiger partial charge in [0.25, 0.3) is 0 Å². The Morgan fingerprint density at radius 3 is 2.89 bits per heavy atom. The first-order valence-corrected chi connectivity index (χ1v) is 7.13. The Balaban J connectivity index is 2.72. The normalized spacial score (nSPS) is 10.8. The maximum Gasteiger partial charge on any atom is 0.306 e. The SMILES string of the molecule is CCOC(=O)CCS(=O)(=O)Nc1c(C#N)cnn1C. The van der Waals surface area contributed by atoms with E-state index in [-0.39, 0.29) is 24.4 Å². The maximum atomic E-state index is 11.8. The minimum Gasteiger partial charge on any atom is -0.466 e. The molecule has 0 aliphatic rings. The van der Waals surface area contributed by atoms with Crippen LogP contribution in [0, 0.1) is 11.3 Å². The first-order chi connectivity index (χ1) is 8.89. The van der Waals surface area contributed by atoms with Gasteiger partial charge in [-0.15, -0.1) is 0 Å². The Hall–Kier alpha value is -2.08. The number of aromatic nitrogens is 2. The first kappa shape index (κ1) is 15.0. The zero-order chi connectivity index (χ0) is 14.5. The van der Waals surface area contributed by atoms with Gasteiger partial charge < -0.3 is 4.74 Å². The minimum atomic E-state index is -3.74. The molecule has 0 aliphatic carbocycles. The van der Waals surface area contributed by atoms with Crippen molar-refractivity contribution in [2.75, 3.05) is 17.1 Å². The second-order valence-corrected chi connectivity index (χ2v) is 5.46. The molecule has 0 saturated heterocycles. The molecule has 0 spiro atoms. The molecule has 0 aromatic carbocycles. The molecule has 1 aromatic heterocycles. The summed E-state index contributed by atoms with van der Waals surface area (Å²) < 4.78 is 31.6. The van der Waals surface area contributed by atoms with E-state index in [1.165, 1.54) is 17.9 Å². The third-order valence-electron chi connectivity index (χ3n) is 2.19. The monoisotopic (exact) mass is 286 g/mol. The Bertz CT molecular complexity index is 600. The van der Waals surface area contributed by atoms with Crippen molar-refractivity contribution in [1.82, 2.24) is 9.78 Å². The van der Waals surface area contributed by atoms with Crippen molar-refractivity contribution < 1.29 is 17.9 Å². The molecule has 0 radical (unpaired) electrons. The molecule has 0 aliphatic heterocycles. The largest absolute Gasteiger partial charge is 0.466 e. The average molecular weight is 286 g/mol. The molecule has 104 valence electrons. The maximum absolute atomic E-state index is 11.8. The molecule has 0 fully saturated rings. The lowest BCUT2D eigenvalue weighted by atomic mass is 10.4.